The largest absolute Gasteiger partial charge is 0.490 e. The zero-order valence-electron chi connectivity index (χ0n) is 17.1. The smallest absolute Gasteiger partial charge is 0.255 e. The van der Waals surface area contributed by atoms with Crippen LogP contribution in [-0.4, -0.2) is 30.6 Å². The minimum Gasteiger partial charge on any atom is -0.490 e. The highest BCUT2D eigenvalue weighted by molar-refractivity contribution is 6.05. The van der Waals surface area contributed by atoms with E-state index in [-0.39, 0.29) is 17.4 Å². The molecule has 0 spiro atoms. The van der Waals surface area contributed by atoms with E-state index >= 15 is 0 Å². The van der Waals surface area contributed by atoms with Crippen LogP contribution in [-0.2, 0) is 0 Å². The van der Waals surface area contributed by atoms with Crippen LogP contribution in [0.4, 0.5) is 5.69 Å². The van der Waals surface area contributed by atoms with Gasteiger partial charge >= 0.3 is 0 Å². The lowest BCUT2D eigenvalue weighted by molar-refractivity contribution is 0.0918. The lowest BCUT2D eigenvalue weighted by Crippen LogP contribution is -2.40. The van der Waals surface area contributed by atoms with Gasteiger partial charge in [-0.3, -0.25) is 9.59 Å². The van der Waals surface area contributed by atoms with E-state index in [1.54, 1.807) is 42.5 Å². The van der Waals surface area contributed by atoms with Crippen molar-refractivity contribution in [3.8, 4) is 11.5 Å². The summed E-state index contributed by atoms with van der Waals surface area (Å²) in [6.07, 6.45) is 0. The van der Waals surface area contributed by atoms with Gasteiger partial charge in [0, 0.05) is 28.4 Å². The first-order valence-electron chi connectivity index (χ1n) is 9.37. The minimum atomic E-state index is -0.320. The molecule has 6 nitrogen and oxygen atoms in total. The molecule has 0 bridgehead atoms. The maximum absolute atomic E-state index is 12.5. The van der Waals surface area contributed by atoms with Crippen molar-refractivity contribution in [2.75, 3.05) is 18.5 Å². The van der Waals surface area contributed by atoms with Crippen molar-refractivity contribution in [2.24, 2.45) is 0 Å². The van der Waals surface area contributed by atoms with Gasteiger partial charge in [-0.05, 0) is 71.0 Å². The molecular weight excluding hydrogens is 356 g/mol. The molecule has 0 saturated carbocycles. The van der Waals surface area contributed by atoms with Gasteiger partial charge < -0.3 is 20.1 Å². The van der Waals surface area contributed by atoms with E-state index in [9.17, 15) is 9.59 Å². The zero-order chi connectivity index (χ0) is 20.7. The van der Waals surface area contributed by atoms with Crippen LogP contribution in [0.15, 0.2) is 42.5 Å². The number of anilines is 1. The van der Waals surface area contributed by atoms with Gasteiger partial charge in [0.25, 0.3) is 11.8 Å². The highest BCUT2D eigenvalue weighted by Gasteiger charge is 2.16. The van der Waals surface area contributed by atoms with Crippen LogP contribution in [0.2, 0.25) is 0 Å². The Morgan fingerprint density at radius 3 is 1.89 bits per heavy atom. The fraction of sp³-hybridized carbons (Fsp3) is 0.364. The molecule has 150 valence electrons. The molecule has 0 aliphatic rings. The van der Waals surface area contributed by atoms with Crippen molar-refractivity contribution >= 4 is 17.5 Å². The molecule has 28 heavy (non-hydrogen) atoms. The van der Waals surface area contributed by atoms with Crippen LogP contribution in [0.5, 0.6) is 11.5 Å². The maximum Gasteiger partial charge on any atom is 0.255 e. The summed E-state index contributed by atoms with van der Waals surface area (Å²) in [5, 5.41) is 5.73. The molecule has 0 aliphatic carbocycles. The summed E-state index contributed by atoms with van der Waals surface area (Å²) >= 11 is 0. The van der Waals surface area contributed by atoms with Gasteiger partial charge in [0.2, 0.25) is 0 Å². The fourth-order valence-electron chi connectivity index (χ4n) is 2.52. The Bertz CT molecular complexity index is 823. The molecule has 0 saturated heterocycles. The number of carbonyl (C=O) groups excluding carboxylic acids is 2. The third kappa shape index (κ3) is 6.01. The number of nitrogens with one attached hydrogen (secondary N) is 2. The predicted molar refractivity (Wildman–Crippen MR) is 110 cm³/mol. The molecule has 2 aromatic carbocycles. The number of carbonyl (C=O) groups is 2. The number of rotatable bonds is 7. The van der Waals surface area contributed by atoms with Gasteiger partial charge in [-0.2, -0.15) is 0 Å². The Balaban J connectivity index is 2.10. The van der Waals surface area contributed by atoms with Crippen LogP contribution in [0.25, 0.3) is 0 Å². The topological polar surface area (TPSA) is 76.7 Å². The van der Waals surface area contributed by atoms with E-state index in [1.807, 2.05) is 34.6 Å². The molecule has 2 N–H and O–H groups in total. The molecule has 2 aromatic rings. The Morgan fingerprint density at radius 2 is 1.36 bits per heavy atom. The summed E-state index contributed by atoms with van der Waals surface area (Å²) < 4.78 is 11.1. The zero-order valence-corrected chi connectivity index (χ0v) is 17.1. The van der Waals surface area contributed by atoms with Crippen LogP contribution in [0.1, 0.15) is 55.3 Å². The molecule has 2 rings (SSSR count). The lowest BCUT2D eigenvalue weighted by atomic mass is 10.1. The summed E-state index contributed by atoms with van der Waals surface area (Å²) in [6, 6.07) is 11.8. The third-order valence-electron chi connectivity index (χ3n) is 3.70. The highest BCUT2D eigenvalue weighted by atomic mass is 16.5. The quantitative estimate of drug-likeness (QED) is 0.748. The number of hydrogen-bond donors (Lipinski definition) is 2. The first-order chi connectivity index (χ1) is 13.2. The number of ether oxygens (including phenoxy) is 2. The average molecular weight is 384 g/mol. The number of hydrogen-bond acceptors (Lipinski definition) is 4. The van der Waals surface area contributed by atoms with Gasteiger partial charge in [-0.25, -0.2) is 0 Å². The molecule has 2 amide bonds. The highest BCUT2D eigenvalue weighted by Crippen LogP contribution is 2.30. The SMILES string of the molecule is CCOc1ccc(NC(=O)c2ccc(C(=O)NC(C)(C)C)cc2)cc1OCC. The lowest BCUT2D eigenvalue weighted by Gasteiger charge is -2.20. The molecular formula is C22H28N2O4. The molecule has 0 aliphatic heterocycles. The second-order valence-electron chi connectivity index (χ2n) is 7.26. The monoisotopic (exact) mass is 384 g/mol. The second-order valence-corrected chi connectivity index (χ2v) is 7.26. The van der Waals surface area contributed by atoms with Crippen LogP contribution >= 0.6 is 0 Å². The Labute approximate surface area is 166 Å². The number of amides is 2. The molecule has 0 heterocycles. The third-order valence-corrected chi connectivity index (χ3v) is 3.70. The van der Waals surface area contributed by atoms with Crippen molar-refractivity contribution in [3.63, 3.8) is 0 Å². The molecule has 0 unspecified atom stereocenters. The molecule has 0 fully saturated rings. The van der Waals surface area contributed by atoms with E-state index in [4.69, 9.17) is 9.47 Å². The van der Waals surface area contributed by atoms with Crippen molar-refractivity contribution in [3.05, 3.63) is 53.6 Å². The van der Waals surface area contributed by atoms with E-state index < -0.39 is 0 Å². The van der Waals surface area contributed by atoms with Crippen molar-refractivity contribution < 1.29 is 19.1 Å². The molecule has 0 aromatic heterocycles. The number of benzene rings is 2. The average Bonchev–Trinajstić information content (AvgIpc) is 2.63. The Kier molecular flexibility index (Phi) is 7.04. The molecule has 0 radical (unpaired) electrons. The second kappa shape index (κ2) is 9.26. The van der Waals surface area contributed by atoms with Crippen LogP contribution in [0, 0.1) is 0 Å². The molecule has 6 heteroatoms. The van der Waals surface area contributed by atoms with Crippen LogP contribution in [0.3, 0.4) is 0 Å². The van der Waals surface area contributed by atoms with Gasteiger partial charge in [0.05, 0.1) is 13.2 Å². The van der Waals surface area contributed by atoms with Crippen molar-refractivity contribution in [2.45, 2.75) is 40.2 Å². The summed E-state index contributed by atoms with van der Waals surface area (Å²) in [5.74, 6) is 0.773. The predicted octanol–water partition coefficient (Wildman–Crippen LogP) is 4.26. The van der Waals surface area contributed by atoms with Gasteiger partial charge in [0.1, 0.15) is 0 Å². The normalized spacial score (nSPS) is 10.9. The van der Waals surface area contributed by atoms with E-state index in [1.165, 1.54) is 0 Å². The first kappa shape index (κ1) is 21.3. The van der Waals surface area contributed by atoms with Crippen molar-refractivity contribution in [1.82, 2.24) is 5.32 Å². The van der Waals surface area contributed by atoms with E-state index in [2.05, 4.69) is 10.6 Å². The summed E-state index contributed by atoms with van der Waals surface area (Å²) in [5.41, 5.74) is 1.25. The summed E-state index contributed by atoms with van der Waals surface area (Å²) in [4.78, 5) is 24.7. The Morgan fingerprint density at radius 1 is 0.821 bits per heavy atom. The summed E-state index contributed by atoms with van der Waals surface area (Å²) in [7, 11) is 0. The molecule has 0 atom stereocenters. The van der Waals surface area contributed by atoms with Crippen LogP contribution < -0.4 is 20.1 Å². The van der Waals surface area contributed by atoms with Gasteiger partial charge in [-0.15, -0.1) is 0 Å². The van der Waals surface area contributed by atoms with E-state index in [0.29, 0.717) is 41.5 Å². The maximum atomic E-state index is 12.5. The summed E-state index contributed by atoms with van der Waals surface area (Å²) in [6.45, 7) is 10.6. The van der Waals surface area contributed by atoms with E-state index in [0.717, 1.165) is 0 Å². The first-order valence-corrected chi connectivity index (χ1v) is 9.37. The van der Waals surface area contributed by atoms with Gasteiger partial charge in [0.15, 0.2) is 11.5 Å². The standard InChI is InChI=1S/C22H28N2O4/c1-6-27-18-13-12-17(14-19(18)28-7-2)23-20(25)15-8-10-16(11-9-15)21(26)24-22(3,4)5/h8-14H,6-7H2,1-5H3,(H,23,25)(H,24,26). The minimum absolute atomic E-state index is 0.174. The Hall–Kier alpha value is -3.02. The van der Waals surface area contributed by atoms with Crippen molar-refractivity contribution in [1.29, 1.82) is 0 Å². The fourth-order valence-corrected chi connectivity index (χ4v) is 2.52. The van der Waals surface area contributed by atoms with Gasteiger partial charge in [-0.1, -0.05) is 0 Å².